The maximum absolute atomic E-state index is 14.0. The Morgan fingerprint density at radius 1 is 1.18 bits per heavy atom. The summed E-state index contributed by atoms with van der Waals surface area (Å²) in [5.41, 5.74) is -0.368. The number of benzene rings is 1. The molecule has 0 aliphatic carbocycles. The van der Waals surface area contributed by atoms with E-state index in [0.29, 0.717) is 26.0 Å². The molecule has 8 nitrogen and oxygen atoms in total. The molecule has 4 rings (SSSR count). The fraction of sp³-hybridized carbons (Fsp3) is 0.500. The highest BCUT2D eigenvalue weighted by Crippen LogP contribution is 3.02. The van der Waals surface area contributed by atoms with Gasteiger partial charge in [-0.25, -0.2) is 0 Å². The van der Waals surface area contributed by atoms with E-state index in [9.17, 15) is 29.0 Å². The fourth-order valence-corrected chi connectivity index (χ4v) is 5.75. The van der Waals surface area contributed by atoms with Gasteiger partial charge in [-0.3, -0.25) is 19.5 Å². The summed E-state index contributed by atoms with van der Waals surface area (Å²) in [6.07, 6.45) is 3.79. The predicted octanol–water partition coefficient (Wildman–Crippen LogP) is 5.26. The van der Waals surface area contributed by atoms with Crippen LogP contribution in [0, 0.1) is 0 Å². The van der Waals surface area contributed by atoms with Crippen molar-refractivity contribution in [1.29, 1.82) is 0 Å². The third-order valence-electron chi connectivity index (χ3n) is 7.07. The Labute approximate surface area is 229 Å². The number of rotatable bonds is 8. The molecule has 3 heterocycles. The molecule has 40 heavy (non-hydrogen) atoms. The Morgan fingerprint density at radius 3 is 2.42 bits per heavy atom. The van der Waals surface area contributed by atoms with Gasteiger partial charge < -0.3 is 20.1 Å². The third kappa shape index (κ3) is 7.09. The number of carbonyl (C=O) groups is 2. The maximum atomic E-state index is 14.0. The van der Waals surface area contributed by atoms with Crippen LogP contribution in [0.4, 0.5) is 25.1 Å². The van der Waals surface area contributed by atoms with Gasteiger partial charge >= 0.3 is 10.2 Å². The van der Waals surface area contributed by atoms with Gasteiger partial charge in [0.25, 0.3) is 0 Å². The second kappa shape index (κ2) is 10.2. The summed E-state index contributed by atoms with van der Waals surface area (Å²) in [7, 11) is -8.48. The minimum absolute atomic E-state index is 0.158. The Morgan fingerprint density at radius 2 is 1.88 bits per heavy atom. The van der Waals surface area contributed by atoms with Crippen molar-refractivity contribution in [1.82, 2.24) is 15.6 Å². The molecule has 2 aliphatic rings. The van der Waals surface area contributed by atoms with Crippen molar-refractivity contribution in [3.05, 3.63) is 54.4 Å². The summed E-state index contributed by atoms with van der Waals surface area (Å²) in [5.74, 6) is -1.22. The fourth-order valence-electron chi connectivity index (χ4n) is 5.10. The van der Waals surface area contributed by atoms with Crippen molar-refractivity contribution in [2.24, 2.45) is 0 Å². The molecule has 0 radical (unpaired) electrons. The van der Waals surface area contributed by atoms with Crippen molar-refractivity contribution in [2.45, 2.75) is 67.8 Å². The second-order valence-corrected chi connectivity index (χ2v) is 13.1. The molecule has 0 bridgehead atoms. The zero-order chi connectivity index (χ0) is 29.4. The molecule has 2 amide bonds. The second-order valence-electron chi connectivity index (χ2n) is 10.7. The number of ether oxygens (including phenoxy) is 2. The number of nitrogens with one attached hydrogen (secondary N) is 2. The molecule has 14 heteroatoms. The molecule has 2 aliphatic heterocycles. The van der Waals surface area contributed by atoms with Crippen LogP contribution in [0.1, 0.15) is 44.7 Å². The minimum Gasteiger partial charge on any atom is -0.380 e. The number of hydrogen-bond donors (Lipinski definition) is 2. The van der Waals surface area contributed by atoms with Crippen LogP contribution in [0.3, 0.4) is 0 Å². The summed E-state index contributed by atoms with van der Waals surface area (Å²) in [6.45, 7) is 4.51. The van der Waals surface area contributed by atoms with Crippen molar-refractivity contribution >= 4 is 27.7 Å². The Bertz CT molecular complexity index is 1230. The van der Waals surface area contributed by atoms with Crippen LogP contribution < -0.4 is 15.5 Å². The van der Waals surface area contributed by atoms with Gasteiger partial charge in [-0.2, -0.15) is 0 Å². The van der Waals surface area contributed by atoms with Crippen LogP contribution in [-0.4, -0.2) is 60.8 Å². The van der Waals surface area contributed by atoms with Gasteiger partial charge in [0.05, 0.1) is 17.7 Å². The normalized spacial score (nSPS) is 25.4. The average molecular weight is 593 g/mol. The first kappa shape index (κ1) is 30.2. The first-order valence-electron chi connectivity index (χ1n) is 12.7. The molecule has 2 saturated heterocycles. The number of aromatic nitrogens is 1. The van der Waals surface area contributed by atoms with Crippen LogP contribution in [0.25, 0.3) is 0 Å². The lowest BCUT2D eigenvalue weighted by Gasteiger charge is -2.41. The molecule has 1 aromatic heterocycles. The van der Waals surface area contributed by atoms with Gasteiger partial charge in [-0.1, -0.05) is 25.5 Å². The topological polar surface area (TPSA) is 92.8 Å². The summed E-state index contributed by atoms with van der Waals surface area (Å²) in [5, 5.41) is 5.98. The van der Waals surface area contributed by atoms with E-state index in [1.807, 2.05) is 13.8 Å². The number of methoxy groups -OCH3 is 1. The zero-order valence-corrected chi connectivity index (χ0v) is 23.1. The van der Waals surface area contributed by atoms with E-state index in [-0.39, 0.29) is 42.0 Å². The quantitative estimate of drug-likeness (QED) is 0.406. The van der Waals surface area contributed by atoms with E-state index in [2.05, 4.69) is 15.6 Å². The van der Waals surface area contributed by atoms with E-state index < -0.39 is 44.6 Å². The van der Waals surface area contributed by atoms with Crippen molar-refractivity contribution < 1.29 is 38.5 Å². The number of pyridine rings is 1. The highest BCUT2D eigenvalue weighted by atomic mass is 32.5. The standard InChI is InChI=1S/C26H33F5N4O4S/c1-26(2)14-18(10-12-39-26)34-24(36)23(17-5-4-11-32-15-17)35(25(37)22-13-20(38-3)16-33-22)19-6-8-21(9-7-19)40(27,28,29,30)31/h4-9,11,15,18,20,22-23,33H,10,12-14,16H2,1-3H3,(H,34,36). The number of hydrogen-bond acceptors (Lipinski definition) is 6. The van der Waals surface area contributed by atoms with Gasteiger partial charge in [0.2, 0.25) is 11.8 Å². The maximum Gasteiger partial charge on any atom is 0.310 e. The molecule has 4 unspecified atom stereocenters. The van der Waals surface area contributed by atoms with E-state index in [1.54, 1.807) is 12.1 Å². The van der Waals surface area contributed by atoms with Crippen LogP contribution >= 0.6 is 10.2 Å². The highest BCUT2D eigenvalue weighted by molar-refractivity contribution is 8.45. The summed E-state index contributed by atoms with van der Waals surface area (Å²) in [6, 6.07) is 2.65. The summed E-state index contributed by atoms with van der Waals surface area (Å²) >= 11 is 0. The van der Waals surface area contributed by atoms with E-state index in [0.717, 1.165) is 17.0 Å². The van der Waals surface area contributed by atoms with Crippen LogP contribution in [0.5, 0.6) is 0 Å². The lowest BCUT2D eigenvalue weighted by atomic mass is 9.93. The van der Waals surface area contributed by atoms with Crippen molar-refractivity contribution in [3.63, 3.8) is 0 Å². The molecule has 1 aromatic carbocycles. The third-order valence-corrected chi connectivity index (χ3v) is 8.23. The lowest BCUT2D eigenvalue weighted by molar-refractivity contribution is -0.129. The van der Waals surface area contributed by atoms with Gasteiger partial charge in [-0.15, -0.1) is 0 Å². The Hall–Kier alpha value is -2.81. The SMILES string of the molecule is COC1CNC(C(=O)N(c2ccc(S(F)(F)(F)(F)F)cc2)C(C(=O)NC2CCOC(C)(C)C2)c2cccnc2)C1. The monoisotopic (exact) mass is 592 g/mol. The van der Waals surface area contributed by atoms with E-state index in [1.165, 1.54) is 19.5 Å². The Kier molecular flexibility index (Phi) is 7.71. The molecule has 0 spiro atoms. The van der Waals surface area contributed by atoms with Crippen LogP contribution in [0.15, 0.2) is 53.7 Å². The molecular formula is C26H33F5N4O4S. The summed E-state index contributed by atoms with van der Waals surface area (Å²) < 4.78 is 78.3. The minimum atomic E-state index is -9.97. The van der Waals surface area contributed by atoms with Crippen LogP contribution in [0.2, 0.25) is 0 Å². The first-order chi connectivity index (χ1) is 18.5. The Balaban J connectivity index is 1.77. The van der Waals surface area contributed by atoms with E-state index in [4.69, 9.17) is 9.47 Å². The zero-order valence-electron chi connectivity index (χ0n) is 22.3. The molecule has 222 valence electrons. The molecular weight excluding hydrogens is 559 g/mol. The number of amides is 2. The van der Waals surface area contributed by atoms with Gasteiger partial charge in [-0.05, 0) is 63.4 Å². The van der Waals surface area contributed by atoms with Gasteiger partial charge in [0, 0.05) is 49.9 Å². The number of nitrogens with zero attached hydrogens (tertiary/aromatic N) is 2. The lowest BCUT2D eigenvalue weighted by Crippen LogP contribution is -2.53. The first-order valence-corrected chi connectivity index (χ1v) is 14.7. The number of halogens is 5. The number of anilines is 1. The number of carbonyl (C=O) groups excluding carboxylic acids is 2. The molecule has 2 N–H and O–H groups in total. The smallest absolute Gasteiger partial charge is 0.310 e. The van der Waals surface area contributed by atoms with Crippen molar-refractivity contribution in [3.8, 4) is 0 Å². The summed E-state index contributed by atoms with van der Waals surface area (Å²) in [4.78, 5) is 30.9. The predicted molar refractivity (Wildman–Crippen MR) is 141 cm³/mol. The molecule has 2 aromatic rings. The molecule has 2 fully saturated rings. The largest absolute Gasteiger partial charge is 0.380 e. The van der Waals surface area contributed by atoms with Gasteiger partial charge in [0.1, 0.15) is 10.9 Å². The van der Waals surface area contributed by atoms with Crippen molar-refractivity contribution in [2.75, 3.05) is 25.2 Å². The highest BCUT2D eigenvalue weighted by Gasteiger charge is 2.65. The van der Waals surface area contributed by atoms with Crippen LogP contribution in [-0.2, 0) is 19.1 Å². The van der Waals surface area contributed by atoms with Gasteiger partial charge in [0.15, 0.2) is 0 Å². The van der Waals surface area contributed by atoms with E-state index >= 15 is 0 Å². The average Bonchev–Trinajstić information content (AvgIpc) is 3.35. The molecule has 0 saturated carbocycles. The molecule has 4 atom stereocenters.